The second-order valence-electron chi connectivity index (χ2n) is 6.44. The summed E-state index contributed by atoms with van der Waals surface area (Å²) in [5, 5.41) is 0. The molecule has 1 aromatic carbocycles. The predicted molar refractivity (Wildman–Crippen MR) is 91.3 cm³/mol. The summed E-state index contributed by atoms with van der Waals surface area (Å²) in [4.78, 5) is 16.8. The molecule has 0 unspecified atom stereocenters. The van der Waals surface area contributed by atoms with Crippen LogP contribution in [0.3, 0.4) is 0 Å². The maximum Gasteiger partial charge on any atom is 0.223 e. The van der Waals surface area contributed by atoms with Crippen LogP contribution in [0.25, 0.3) is 0 Å². The molecule has 1 fully saturated rings. The summed E-state index contributed by atoms with van der Waals surface area (Å²) in [7, 11) is 1.72. The molecule has 1 aliphatic heterocycles. The number of nitrogens with zero attached hydrogens (tertiary/aromatic N) is 2. The van der Waals surface area contributed by atoms with E-state index in [0.717, 1.165) is 51.3 Å². The maximum atomic E-state index is 12.4. The Balaban J connectivity index is 1.48. The van der Waals surface area contributed by atoms with Crippen LogP contribution in [0.1, 0.15) is 24.8 Å². The van der Waals surface area contributed by atoms with Crippen LogP contribution in [0.15, 0.2) is 36.4 Å². The largest absolute Gasteiger partial charge is 0.496 e. The van der Waals surface area contributed by atoms with Crippen LogP contribution in [0.5, 0.6) is 5.75 Å². The van der Waals surface area contributed by atoms with Crippen LogP contribution in [0, 0.1) is 5.92 Å². The minimum Gasteiger partial charge on any atom is -0.496 e. The van der Waals surface area contributed by atoms with Crippen LogP contribution in [0.2, 0.25) is 0 Å². The van der Waals surface area contributed by atoms with Gasteiger partial charge >= 0.3 is 0 Å². The molecule has 124 valence electrons. The van der Waals surface area contributed by atoms with E-state index >= 15 is 0 Å². The van der Waals surface area contributed by atoms with Gasteiger partial charge in [0.1, 0.15) is 5.75 Å². The van der Waals surface area contributed by atoms with Crippen molar-refractivity contribution in [3.8, 4) is 5.75 Å². The fourth-order valence-electron chi connectivity index (χ4n) is 3.45. The van der Waals surface area contributed by atoms with E-state index in [-0.39, 0.29) is 0 Å². The van der Waals surface area contributed by atoms with Crippen LogP contribution in [-0.4, -0.2) is 49.0 Å². The van der Waals surface area contributed by atoms with Gasteiger partial charge < -0.3 is 9.64 Å². The summed E-state index contributed by atoms with van der Waals surface area (Å²) in [5.74, 6) is 1.73. The van der Waals surface area contributed by atoms with Crippen molar-refractivity contribution in [1.29, 1.82) is 0 Å². The molecule has 1 aliphatic carbocycles. The van der Waals surface area contributed by atoms with Crippen LogP contribution in [-0.2, 0) is 11.3 Å². The average molecular weight is 314 g/mol. The van der Waals surface area contributed by atoms with E-state index in [1.54, 1.807) is 7.11 Å². The summed E-state index contributed by atoms with van der Waals surface area (Å²) in [5.41, 5.74) is 1.21. The number of rotatable bonds is 5. The number of methoxy groups -OCH3 is 1. The van der Waals surface area contributed by atoms with Gasteiger partial charge in [0.2, 0.25) is 5.91 Å². The first-order valence-electron chi connectivity index (χ1n) is 8.55. The van der Waals surface area contributed by atoms with Crippen molar-refractivity contribution in [1.82, 2.24) is 9.80 Å². The number of hydrogen-bond donors (Lipinski definition) is 0. The quantitative estimate of drug-likeness (QED) is 0.784. The van der Waals surface area contributed by atoms with E-state index in [0.29, 0.717) is 18.2 Å². The van der Waals surface area contributed by atoms with Gasteiger partial charge in [-0.1, -0.05) is 30.4 Å². The monoisotopic (exact) mass is 314 g/mol. The molecule has 1 amide bonds. The number of benzene rings is 1. The Morgan fingerprint density at radius 3 is 2.70 bits per heavy atom. The fourth-order valence-corrected chi connectivity index (χ4v) is 3.45. The van der Waals surface area contributed by atoms with Crippen molar-refractivity contribution < 1.29 is 9.53 Å². The smallest absolute Gasteiger partial charge is 0.223 e. The molecule has 4 nitrogen and oxygen atoms in total. The third-order valence-corrected chi connectivity index (χ3v) is 4.86. The van der Waals surface area contributed by atoms with Gasteiger partial charge in [0, 0.05) is 44.7 Å². The summed E-state index contributed by atoms with van der Waals surface area (Å²) in [6.07, 6.45) is 7.35. The minimum atomic E-state index is 0.318. The summed E-state index contributed by atoms with van der Waals surface area (Å²) in [6, 6.07) is 8.16. The van der Waals surface area contributed by atoms with Crippen molar-refractivity contribution >= 4 is 5.91 Å². The van der Waals surface area contributed by atoms with E-state index in [1.165, 1.54) is 5.56 Å². The minimum absolute atomic E-state index is 0.318. The fraction of sp³-hybridized carbons (Fsp3) is 0.526. The molecule has 0 bridgehead atoms. The molecule has 0 radical (unpaired) electrons. The Hall–Kier alpha value is -1.81. The molecule has 0 saturated carbocycles. The lowest BCUT2D eigenvalue weighted by molar-refractivity contribution is -0.133. The van der Waals surface area contributed by atoms with Crippen molar-refractivity contribution in [2.45, 2.75) is 25.8 Å². The zero-order valence-corrected chi connectivity index (χ0v) is 13.9. The lowest BCUT2D eigenvalue weighted by Crippen LogP contribution is -2.48. The SMILES string of the molecule is COc1ccccc1CN1CCN(C(=O)C[C@H]2C=CCC2)CC1. The van der Waals surface area contributed by atoms with Crippen molar-refractivity contribution in [2.75, 3.05) is 33.3 Å². The topological polar surface area (TPSA) is 32.8 Å². The highest BCUT2D eigenvalue weighted by Gasteiger charge is 2.23. The molecule has 1 aromatic rings. The van der Waals surface area contributed by atoms with Gasteiger partial charge in [-0.25, -0.2) is 0 Å². The lowest BCUT2D eigenvalue weighted by Gasteiger charge is -2.35. The molecule has 0 N–H and O–H groups in total. The number of allylic oxidation sites excluding steroid dienone is 2. The summed E-state index contributed by atoms with van der Waals surface area (Å²) < 4.78 is 5.42. The Morgan fingerprint density at radius 2 is 2.00 bits per heavy atom. The molecule has 4 heteroatoms. The summed E-state index contributed by atoms with van der Waals surface area (Å²) in [6.45, 7) is 4.43. The number of para-hydroxylation sites is 1. The molecule has 1 heterocycles. The molecular formula is C19H26N2O2. The Labute approximate surface area is 138 Å². The van der Waals surface area contributed by atoms with Gasteiger partial charge in [0.25, 0.3) is 0 Å². The second-order valence-corrected chi connectivity index (χ2v) is 6.44. The van der Waals surface area contributed by atoms with E-state index < -0.39 is 0 Å². The van der Waals surface area contributed by atoms with E-state index in [4.69, 9.17) is 4.74 Å². The average Bonchev–Trinajstić information content (AvgIpc) is 3.09. The van der Waals surface area contributed by atoms with Crippen LogP contribution >= 0.6 is 0 Å². The van der Waals surface area contributed by atoms with Crippen molar-refractivity contribution in [3.63, 3.8) is 0 Å². The third-order valence-electron chi connectivity index (χ3n) is 4.86. The predicted octanol–water partition coefficient (Wildman–Crippen LogP) is 2.70. The summed E-state index contributed by atoms with van der Waals surface area (Å²) >= 11 is 0. The highest BCUT2D eigenvalue weighted by molar-refractivity contribution is 5.76. The molecule has 2 aliphatic rings. The Kier molecular flexibility index (Phi) is 5.34. The number of hydrogen-bond acceptors (Lipinski definition) is 3. The van der Waals surface area contributed by atoms with Crippen LogP contribution < -0.4 is 4.74 Å². The zero-order valence-electron chi connectivity index (χ0n) is 13.9. The van der Waals surface area contributed by atoms with Gasteiger partial charge in [0.15, 0.2) is 0 Å². The first kappa shape index (κ1) is 16.1. The van der Waals surface area contributed by atoms with Crippen LogP contribution in [0.4, 0.5) is 0 Å². The van der Waals surface area contributed by atoms with Crippen molar-refractivity contribution in [2.24, 2.45) is 5.92 Å². The normalized spacial score (nSPS) is 21.6. The molecule has 23 heavy (non-hydrogen) atoms. The molecule has 0 aromatic heterocycles. The molecule has 1 saturated heterocycles. The lowest BCUT2D eigenvalue weighted by atomic mass is 10.0. The molecule has 0 spiro atoms. The van der Waals surface area contributed by atoms with E-state index in [2.05, 4.69) is 23.1 Å². The number of carbonyl (C=O) groups excluding carboxylic acids is 1. The van der Waals surface area contributed by atoms with Crippen molar-refractivity contribution in [3.05, 3.63) is 42.0 Å². The molecular weight excluding hydrogens is 288 g/mol. The van der Waals surface area contributed by atoms with E-state index in [9.17, 15) is 4.79 Å². The number of amides is 1. The van der Waals surface area contributed by atoms with Gasteiger partial charge in [-0.05, 0) is 24.8 Å². The van der Waals surface area contributed by atoms with E-state index in [1.807, 2.05) is 23.1 Å². The molecule has 1 atom stereocenters. The third kappa shape index (κ3) is 4.14. The Bertz CT molecular complexity index is 562. The molecule has 3 rings (SSSR count). The maximum absolute atomic E-state index is 12.4. The second kappa shape index (κ2) is 7.64. The highest BCUT2D eigenvalue weighted by atomic mass is 16.5. The van der Waals surface area contributed by atoms with Gasteiger partial charge in [-0.15, -0.1) is 0 Å². The number of piperazine rings is 1. The standard InChI is InChI=1S/C19H26N2O2/c1-23-18-9-5-4-8-17(18)15-20-10-12-21(13-11-20)19(22)14-16-6-2-3-7-16/h2,4-6,8-9,16H,3,7,10-15H2,1H3/t16-/m0/s1. The Morgan fingerprint density at radius 1 is 1.22 bits per heavy atom. The first-order chi connectivity index (χ1) is 11.3. The zero-order chi connectivity index (χ0) is 16.1. The number of ether oxygens (including phenoxy) is 1. The highest BCUT2D eigenvalue weighted by Crippen LogP contribution is 2.23. The van der Waals surface area contributed by atoms with Gasteiger partial charge in [-0.3, -0.25) is 9.69 Å². The number of carbonyl (C=O) groups is 1. The first-order valence-corrected chi connectivity index (χ1v) is 8.55. The van der Waals surface area contributed by atoms with Gasteiger partial charge in [-0.2, -0.15) is 0 Å². The van der Waals surface area contributed by atoms with Gasteiger partial charge in [0.05, 0.1) is 7.11 Å².